The molecular weight excluding hydrogens is 271 g/mol. The van der Waals surface area contributed by atoms with Gasteiger partial charge in [0, 0.05) is 6.54 Å². The second-order valence-corrected chi connectivity index (χ2v) is 6.06. The van der Waals surface area contributed by atoms with Gasteiger partial charge in [0.2, 0.25) is 5.95 Å². The largest absolute Gasteiger partial charge is 0.394 e. The summed E-state index contributed by atoms with van der Waals surface area (Å²) in [5.41, 5.74) is -0.469. The van der Waals surface area contributed by atoms with Crippen LogP contribution >= 0.6 is 0 Å². The number of aromatic nitrogens is 2. The van der Waals surface area contributed by atoms with E-state index in [2.05, 4.69) is 27.5 Å². The van der Waals surface area contributed by atoms with Gasteiger partial charge >= 0.3 is 0 Å². The summed E-state index contributed by atoms with van der Waals surface area (Å²) in [4.78, 5) is 8.13. The third kappa shape index (κ3) is 4.03. The molecule has 0 aliphatic heterocycles. The molecule has 2 rings (SSSR count). The standard InChI is InChI=1S/C15H25FN4O/c1-3-8-17-14-18-9-12(16)13(19-14)20-15(10-21)6-4-11(2)5-7-15/h9,11,21H,3-8,10H2,1-2H3,(H2,17,18,19,20). The van der Waals surface area contributed by atoms with Gasteiger partial charge in [0.15, 0.2) is 11.6 Å². The molecule has 0 saturated heterocycles. The summed E-state index contributed by atoms with van der Waals surface area (Å²) in [5, 5.41) is 15.9. The van der Waals surface area contributed by atoms with Crippen LogP contribution in [-0.2, 0) is 0 Å². The van der Waals surface area contributed by atoms with Gasteiger partial charge in [-0.15, -0.1) is 0 Å². The highest BCUT2D eigenvalue weighted by Crippen LogP contribution is 2.34. The van der Waals surface area contributed by atoms with E-state index >= 15 is 0 Å². The fraction of sp³-hybridized carbons (Fsp3) is 0.733. The SMILES string of the molecule is CCCNc1ncc(F)c(NC2(CO)CCC(C)CC2)n1. The molecule has 0 radical (unpaired) electrons. The number of aliphatic hydroxyl groups is 1. The zero-order chi connectivity index (χ0) is 15.3. The monoisotopic (exact) mass is 296 g/mol. The number of anilines is 2. The summed E-state index contributed by atoms with van der Waals surface area (Å²) < 4.78 is 13.9. The first-order valence-electron chi connectivity index (χ1n) is 7.74. The molecule has 0 unspecified atom stereocenters. The average molecular weight is 296 g/mol. The average Bonchev–Trinajstić information content (AvgIpc) is 2.50. The summed E-state index contributed by atoms with van der Waals surface area (Å²) in [7, 11) is 0. The van der Waals surface area contributed by atoms with Crippen LogP contribution in [0.1, 0.15) is 46.0 Å². The van der Waals surface area contributed by atoms with Crippen LogP contribution in [0.5, 0.6) is 0 Å². The first-order chi connectivity index (χ1) is 10.1. The minimum absolute atomic E-state index is 0.0130. The second-order valence-electron chi connectivity index (χ2n) is 6.06. The van der Waals surface area contributed by atoms with Crippen LogP contribution < -0.4 is 10.6 Å². The first-order valence-corrected chi connectivity index (χ1v) is 7.74. The van der Waals surface area contributed by atoms with E-state index in [1.54, 1.807) is 0 Å². The van der Waals surface area contributed by atoms with Crippen molar-refractivity contribution in [3.8, 4) is 0 Å². The fourth-order valence-corrected chi connectivity index (χ4v) is 2.67. The van der Waals surface area contributed by atoms with Crippen molar-refractivity contribution in [2.45, 2.75) is 51.5 Å². The molecule has 5 nitrogen and oxygen atoms in total. The van der Waals surface area contributed by atoms with Crippen molar-refractivity contribution in [1.29, 1.82) is 0 Å². The van der Waals surface area contributed by atoms with Crippen molar-refractivity contribution < 1.29 is 9.50 Å². The molecule has 1 fully saturated rings. The topological polar surface area (TPSA) is 70.1 Å². The number of nitrogens with zero attached hydrogens (tertiary/aromatic N) is 2. The predicted octanol–water partition coefficient (Wildman–Crippen LogP) is 2.79. The van der Waals surface area contributed by atoms with Crippen LogP contribution in [0.3, 0.4) is 0 Å². The third-order valence-electron chi connectivity index (χ3n) is 4.19. The van der Waals surface area contributed by atoms with Crippen LogP contribution in [0, 0.1) is 11.7 Å². The van der Waals surface area contributed by atoms with Gasteiger partial charge in [0.1, 0.15) is 0 Å². The predicted molar refractivity (Wildman–Crippen MR) is 81.8 cm³/mol. The highest BCUT2D eigenvalue weighted by molar-refractivity contribution is 5.43. The van der Waals surface area contributed by atoms with E-state index in [0.717, 1.165) is 38.6 Å². The molecule has 3 N–H and O–H groups in total. The summed E-state index contributed by atoms with van der Waals surface area (Å²) in [6.45, 7) is 4.98. The summed E-state index contributed by atoms with van der Waals surface area (Å²) in [5.74, 6) is 0.761. The van der Waals surface area contributed by atoms with Crippen molar-refractivity contribution in [2.24, 2.45) is 5.92 Å². The summed E-state index contributed by atoms with van der Waals surface area (Å²) in [6.07, 6.45) is 5.83. The number of hydrogen-bond acceptors (Lipinski definition) is 5. The van der Waals surface area contributed by atoms with E-state index in [4.69, 9.17) is 0 Å². The zero-order valence-electron chi connectivity index (χ0n) is 12.8. The molecule has 0 bridgehead atoms. The lowest BCUT2D eigenvalue weighted by molar-refractivity contribution is 0.154. The second kappa shape index (κ2) is 7.02. The minimum atomic E-state index is -0.483. The lowest BCUT2D eigenvalue weighted by Crippen LogP contribution is -2.45. The van der Waals surface area contributed by atoms with Gasteiger partial charge in [-0.3, -0.25) is 0 Å². The molecule has 0 atom stereocenters. The van der Waals surface area contributed by atoms with Crippen LogP contribution in [0.15, 0.2) is 6.20 Å². The molecule has 1 aromatic rings. The Morgan fingerprint density at radius 1 is 1.43 bits per heavy atom. The molecular formula is C15H25FN4O. The molecule has 0 spiro atoms. The zero-order valence-corrected chi connectivity index (χ0v) is 12.8. The van der Waals surface area contributed by atoms with Gasteiger partial charge in [-0.05, 0) is 38.0 Å². The number of rotatable bonds is 6. The first kappa shape index (κ1) is 15.9. The molecule has 21 heavy (non-hydrogen) atoms. The van der Waals surface area contributed by atoms with E-state index in [9.17, 15) is 9.50 Å². The number of nitrogens with one attached hydrogen (secondary N) is 2. The van der Waals surface area contributed by atoms with Crippen molar-refractivity contribution >= 4 is 11.8 Å². The molecule has 0 aromatic carbocycles. The van der Waals surface area contributed by atoms with E-state index in [-0.39, 0.29) is 12.4 Å². The number of halogens is 1. The fourth-order valence-electron chi connectivity index (χ4n) is 2.67. The minimum Gasteiger partial charge on any atom is -0.394 e. The lowest BCUT2D eigenvalue weighted by Gasteiger charge is -2.39. The molecule has 1 saturated carbocycles. The van der Waals surface area contributed by atoms with E-state index in [0.29, 0.717) is 11.9 Å². The van der Waals surface area contributed by atoms with Gasteiger partial charge in [0.05, 0.1) is 18.3 Å². The smallest absolute Gasteiger partial charge is 0.224 e. The lowest BCUT2D eigenvalue weighted by atomic mass is 9.77. The molecule has 1 aliphatic rings. The van der Waals surface area contributed by atoms with E-state index in [1.807, 2.05) is 6.92 Å². The van der Waals surface area contributed by atoms with Crippen molar-refractivity contribution in [1.82, 2.24) is 9.97 Å². The Hall–Kier alpha value is -1.43. The summed E-state index contributed by atoms with van der Waals surface area (Å²) in [6, 6.07) is 0. The molecule has 118 valence electrons. The molecule has 1 aromatic heterocycles. The molecule has 1 aliphatic carbocycles. The van der Waals surface area contributed by atoms with Crippen molar-refractivity contribution in [2.75, 3.05) is 23.8 Å². The Balaban J connectivity index is 2.13. The van der Waals surface area contributed by atoms with Crippen LogP contribution in [0.4, 0.5) is 16.2 Å². The van der Waals surface area contributed by atoms with Crippen LogP contribution in [0.2, 0.25) is 0 Å². The highest BCUT2D eigenvalue weighted by Gasteiger charge is 2.34. The number of hydrogen-bond donors (Lipinski definition) is 3. The quantitative estimate of drug-likeness (QED) is 0.753. The van der Waals surface area contributed by atoms with Gasteiger partial charge in [-0.2, -0.15) is 4.98 Å². The highest BCUT2D eigenvalue weighted by atomic mass is 19.1. The van der Waals surface area contributed by atoms with Crippen molar-refractivity contribution in [3.05, 3.63) is 12.0 Å². The van der Waals surface area contributed by atoms with E-state index in [1.165, 1.54) is 6.20 Å². The Bertz CT molecular complexity index is 461. The Kier molecular flexibility index (Phi) is 5.33. The van der Waals surface area contributed by atoms with Gasteiger partial charge in [-0.1, -0.05) is 13.8 Å². The third-order valence-corrected chi connectivity index (χ3v) is 4.19. The van der Waals surface area contributed by atoms with E-state index < -0.39 is 11.4 Å². The van der Waals surface area contributed by atoms with Gasteiger partial charge in [-0.25, -0.2) is 9.37 Å². The molecule has 6 heteroatoms. The van der Waals surface area contributed by atoms with Gasteiger partial charge < -0.3 is 15.7 Å². The molecule has 1 heterocycles. The molecule has 0 amide bonds. The van der Waals surface area contributed by atoms with Crippen LogP contribution in [0.25, 0.3) is 0 Å². The Morgan fingerprint density at radius 2 is 2.14 bits per heavy atom. The maximum Gasteiger partial charge on any atom is 0.224 e. The maximum atomic E-state index is 13.9. The Morgan fingerprint density at radius 3 is 2.76 bits per heavy atom. The summed E-state index contributed by atoms with van der Waals surface area (Å²) >= 11 is 0. The number of aliphatic hydroxyl groups excluding tert-OH is 1. The van der Waals surface area contributed by atoms with Gasteiger partial charge in [0.25, 0.3) is 0 Å². The maximum absolute atomic E-state index is 13.9. The Labute approximate surface area is 125 Å². The van der Waals surface area contributed by atoms with Crippen molar-refractivity contribution in [3.63, 3.8) is 0 Å². The van der Waals surface area contributed by atoms with Crippen LogP contribution in [-0.4, -0.2) is 33.8 Å². The normalized spacial score (nSPS) is 25.6.